The Labute approximate surface area is 216 Å². The standard InChI is InChI=1S/C24H20ClFN4O3S2/c1-4-32-19-11-14(5-10-18(19)33-21-17(26)13-27-23(25)28-21)12-20-22(31)30(24(34)35-20)16-8-6-15(7-9-16)29(2)3/h5-13H,4H2,1-3H3/b20-12+. The van der Waals surface area contributed by atoms with Crippen molar-refractivity contribution in [2.75, 3.05) is 30.5 Å². The first kappa shape index (κ1) is 24.9. The van der Waals surface area contributed by atoms with E-state index in [0.29, 0.717) is 32.8 Å². The van der Waals surface area contributed by atoms with E-state index in [1.54, 1.807) is 24.3 Å². The minimum absolute atomic E-state index is 0.144. The maximum Gasteiger partial charge on any atom is 0.270 e. The molecule has 1 fully saturated rings. The number of hydrogen-bond acceptors (Lipinski definition) is 8. The summed E-state index contributed by atoms with van der Waals surface area (Å²) in [6.07, 6.45) is 2.65. The van der Waals surface area contributed by atoms with Crippen LogP contribution >= 0.6 is 35.6 Å². The first-order chi connectivity index (χ1) is 16.8. The van der Waals surface area contributed by atoms with Crippen molar-refractivity contribution in [2.24, 2.45) is 0 Å². The highest BCUT2D eigenvalue weighted by molar-refractivity contribution is 8.27. The monoisotopic (exact) mass is 530 g/mol. The molecule has 3 aromatic rings. The molecule has 0 radical (unpaired) electrons. The number of benzene rings is 2. The lowest BCUT2D eigenvalue weighted by Crippen LogP contribution is -2.27. The Morgan fingerprint density at radius 3 is 2.63 bits per heavy atom. The zero-order valence-electron chi connectivity index (χ0n) is 19.0. The molecule has 0 aliphatic carbocycles. The molecule has 1 aliphatic rings. The van der Waals surface area contributed by atoms with Gasteiger partial charge in [0.15, 0.2) is 15.8 Å². The van der Waals surface area contributed by atoms with Crippen molar-refractivity contribution in [3.8, 4) is 17.4 Å². The number of thioether (sulfide) groups is 1. The van der Waals surface area contributed by atoms with E-state index in [2.05, 4.69) is 9.97 Å². The number of carbonyl (C=O) groups is 1. The van der Waals surface area contributed by atoms with Crippen LogP contribution in [-0.2, 0) is 4.79 Å². The second-order valence-corrected chi connectivity index (χ2v) is 9.48. The van der Waals surface area contributed by atoms with Crippen LogP contribution in [0.15, 0.2) is 53.6 Å². The fourth-order valence-electron chi connectivity index (χ4n) is 3.22. The molecule has 0 atom stereocenters. The third-order valence-corrected chi connectivity index (χ3v) is 6.36. The summed E-state index contributed by atoms with van der Waals surface area (Å²) in [6.45, 7) is 2.16. The zero-order valence-corrected chi connectivity index (χ0v) is 21.4. The molecule has 1 aromatic heterocycles. The molecule has 0 spiro atoms. The minimum atomic E-state index is -0.761. The van der Waals surface area contributed by atoms with E-state index in [1.165, 1.54) is 16.7 Å². The van der Waals surface area contributed by atoms with Crippen LogP contribution in [0.25, 0.3) is 6.08 Å². The van der Waals surface area contributed by atoms with Gasteiger partial charge in [-0.2, -0.15) is 9.37 Å². The second-order valence-electron chi connectivity index (χ2n) is 7.46. The van der Waals surface area contributed by atoms with Crippen molar-refractivity contribution in [1.82, 2.24) is 9.97 Å². The molecule has 0 unspecified atom stereocenters. The molecule has 35 heavy (non-hydrogen) atoms. The van der Waals surface area contributed by atoms with Crippen LogP contribution in [0.3, 0.4) is 0 Å². The average molecular weight is 531 g/mol. The van der Waals surface area contributed by atoms with Gasteiger partial charge in [0.05, 0.1) is 23.4 Å². The highest BCUT2D eigenvalue weighted by atomic mass is 35.5. The van der Waals surface area contributed by atoms with Gasteiger partial charge in [-0.1, -0.05) is 30.0 Å². The molecule has 0 saturated carbocycles. The first-order valence-electron chi connectivity index (χ1n) is 10.4. The minimum Gasteiger partial charge on any atom is -0.490 e. The molecule has 0 N–H and O–H groups in total. The molecular weight excluding hydrogens is 511 g/mol. The number of ether oxygens (including phenoxy) is 2. The maximum absolute atomic E-state index is 14.0. The van der Waals surface area contributed by atoms with Crippen LogP contribution in [0.4, 0.5) is 15.8 Å². The van der Waals surface area contributed by atoms with Gasteiger partial charge in [-0.25, -0.2) is 4.98 Å². The fraction of sp³-hybridized carbons (Fsp3) is 0.167. The molecule has 2 aromatic carbocycles. The van der Waals surface area contributed by atoms with E-state index >= 15 is 0 Å². The Kier molecular flexibility index (Phi) is 7.54. The van der Waals surface area contributed by atoms with Crippen molar-refractivity contribution in [2.45, 2.75) is 6.92 Å². The van der Waals surface area contributed by atoms with Crippen LogP contribution < -0.4 is 19.3 Å². The number of hydrogen-bond donors (Lipinski definition) is 0. The summed E-state index contributed by atoms with van der Waals surface area (Å²) in [5, 5.41) is -0.144. The van der Waals surface area contributed by atoms with Gasteiger partial charge in [-0.3, -0.25) is 9.69 Å². The summed E-state index contributed by atoms with van der Waals surface area (Å²) in [4.78, 5) is 24.4. The first-order valence-corrected chi connectivity index (χ1v) is 12.0. The van der Waals surface area contributed by atoms with Crippen LogP contribution in [0.5, 0.6) is 17.4 Å². The van der Waals surface area contributed by atoms with Gasteiger partial charge in [0.1, 0.15) is 0 Å². The van der Waals surface area contributed by atoms with E-state index in [4.69, 9.17) is 33.3 Å². The van der Waals surface area contributed by atoms with Crippen LogP contribution in [-0.4, -0.2) is 40.9 Å². The number of aromatic nitrogens is 2. The third-order valence-electron chi connectivity index (χ3n) is 4.87. The predicted molar refractivity (Wildman–Crippen MR) is 141 cm³/mol. The molecule has 1 amide bonds. The highest BCUT2D eigenvalue weighted by Gasteiger charge is 2.33. The van der Waals surface area contributed by atoms with Gasteiger partial charge in [-0.15, -0.1) is 0 Å². The van der Waals surface area contributed by atoms with Crippen LogP contribution in [0.2, 0.25) is 5.28 Å². The molecule has 7 nitrogen and oxygen atoms in total. The lowest BCUT2D eigenvalue weighted by Gasteiger charge is -2.17. The quantitative estimate of drug-likeness (QED) is 0.211. The maximum atomic E-state index is 14.0. The smallest absolute Gasteiger partial charge is 0.270 e. The van der Waals surface area contributed by atoms with Crippen molar-refractivity contribution in [3.05, 3.63) is 70.2 Å². The van der Waals surface area contributed by atoms with E-state index < -0.39 is 5.82 Å². The van der Waals surface area contributed by atoms with Gasteiger partial charge in [0, 0.05) is 19.8 Å². The number of anilines is 2. The Balaban J connectivity index is 1.60. The molecule has 4 rings (SSSR count). The fourth-order valence-corrected chi connectivity index (χ4v) is 4.64. The largest absolute Gasteiger partial charge is 0.490 e. The van der Waals surface area contributed by atoms with Crippen LogP contribution in [0.1, 0.15) is 12.5 Å². The second kappa shape index (κ2) is 10.6. The highest BCUT2D eigenvalue weighted by Crippen LogP contribution is 2.38. The summed E-state index contributed by atoms with van der Waals surface area (Å²) in [5.41, 5.74) is 2.40. The van der Waals surface area contributed by atoms with E-state index in [-0.39, 0.29) is 22.8 Å². The Morgan fingerprint density at radius 2 is 1.94 bits per heavy atom. The van der Waals surface area contributed by atoms with Crippen molar-refractivity contribution in [3.63, 3.8) is 0 Å². The van der Waals surface area contributed by atoms with Crippen LogP contribution in [0, 0.1) is 5.82 Å². The summed E-state index contributed by atoms with van der Waals surface area (Å²) < 4.78 is 25.7. The van der Waals surface area contributed by atoms with E-state index in [0.717, 1.165) is 11.9 Å². The van der Waals surface area contributed by atoms with Gasteiger partial charge < -0.3 is 14.4 Å². The topological polar surface area (TPSA) is 67.8 Å². The average Bonchev–Trinajstić information content (AvgIpc) is 3.10. The summed E-state index contributed by atoms with van der Waals surface area (Å²) in [7, 11) is 3.90. The third kappa shape index (κ3) is 5.55. The molecular formula is C24H20ClFN4O3S2. The van der Waals surface area contributed by atoms with Crippen molar-refractivity contribution in [1.29, 1.82) is 0 Å². The molecule has 1 aliphatic heterocycles. The number of carbonyl (C=O) groups excluding carboxylic acids is 1. The zero-order chi connectivity index (χ0) is 25.1. The Morgan fingerprint density at radius 1 is 1.20 bits per heavy atom. The molecule has 0 bridgehead atoms. The van der Waals surface area contributed by atoms with E-state index in [1.807, 2.05) is 50.2 Å². The summed E-state index contributed by atoms with van der Waals surface area (Å²) >= 11 is 12.4. The molecule has 2 heterocycles. The molecule has 11 heteroatoms. The molecule has 1 saturated heterocycles. The van der Waals surface area contributed by atoms with Gasteiger partial charge in [0.2, 0.25) is 11.1 Å². The SMILES string of the molecule is CCOc1cc(/C=C2/SC(=S)N(c3ccc(N(C)C)cc3)C2=O)ccc1Oc1nc(Cl)ncc1F. The Hall–Kier alpha value is -3.21. The predicted octanol–water partition coefficient (Wildman–Crippen LogP) is 5.93. The van der Waals surface area contributed by atoms with Crippen molar-refractivity contribution < 1.29 is 18.7 Å². The lowest BCUT2D eigenvalue weighted by atomic mass is 10.1. The lowest BCUT2D eigenvalue weighted by molar-refractivity contribution is -0.113. The van der Waals surface area contributed by atoms with Crippen molar-refractivity contribution >= 4 is 63.3 Å². The van der Waals surface area contributed by atoms with Gasteiger partial charge in [0.25, 0.3) is 11.8 Å². The summed E-state index contributed by atoms with van der Waals surface area (Å²) in [5.74, 6) is -0.701. The number of nitrogens with zero attached hydrogens (tertiary/aromatic N) is 4. The number of amides is 1. The normalized spacial score (nSPS) is 14.5. The number of thiocarbonyl (C=S) groups is 1. The van der Waals surface area contributed by atoms with Gasteiger partial charge in [-0.05, 0) is 66.6 Å². The van der Waals surface area contributed by atoms with E-state index in [9.17, 15) is 9.18 Å². The summed E-state index contributed by atoms with van der Waals surface area (Å²) in [6, 6.07) is 12.6. The Bertz CT molecular complexity index is 1320. The van der Waals surface area contributed by atoms with Gasteiger partial charge >= 0.3 is 0 Å². The number of rotatable bonds is 7. The number of halogens is 2. The molecule has 180 valence electrons.